The summed E-state index contributed by atoms with van der Waals surface area (Å²) in [4.78, 5) is 18.2. The van der Waals surface area contributed by atoms with E-state index in [9.17, 15) is 4.79 Å². The predicted molar refractivity (Wildman–Crippen MR) is 97.9 cm³/mol. The lowest BCUT2D eigenvalue weighted by Crippen LogP contribution is -2.11. The zero-order chi connectivity index (χ0) is 16.7. The number of carbonyl (C=O) groups is 1. The molecule has 2 aromatic heterocycles. The van der Waals surface area contributed by atoms with E-state index in [-0.39, 0.29) is 5.91 Å². The van der Waals surface area contributed by atoms with Crippen LogP contribution < -0.4 is 11.1 Å². The zero-order valence-electron chi connectivity index (χ0n) is 12.4. The molecular weight excluding hydrogens is 353 g/mol. The van der Waals surface area contributed by atoms with Crippen molar-refractivity contribution >= 4 is 62.0 Å². The van der Waals surface area contributed by atoms with Gasteiger partial charge in [0.2, 0.25) is 0 Å². The third-order valence-electron chi connectivity index (χ3n) is 3.49. The van der Waals surface area contributed by atoms with Crippen LogP contribution in [-0.4, -0.2) is 10.9 Å². The minimum absolute atomic E-state index is 0.306. The number of nitrogens with one attached hydrogen (secondary N) is 1. The molecule has 3 N–H and O–H groups in total. The van der Waals surface area contributed by atoms with Crippen LogP contribution in [0.3, 0.4) is 0 Å². The van der Waals surface area contributed by atoms with Crippen LogP contribution in [0.5, 0.6) is 0 Å². The Balaban J connectivity index is 1.99. The number of aromatic nitrogens is 1. The summed E-state index contributed by atoms with van der Waals surface area (Å²) in [5.74, 6) is -0.306. The van der Waals surface area contributed by atoms with Crippen molar-refractivity contribution in [1.29, 1.82) is 0 Å². The van der Waals surface area contributed by atoms with Crippen molar-refractivity contribution in [3.8, 4) is 0 Å². The number of halogens is 2. The van der Waals surface area contributed by atoms with Gasteiger partial charge in [0.1, 0.15) is 9.71 Å². The molecule has 0 radical (unpaired) electrons. The molecule has 0 saturated carbocycles. The Hall–Kier alpha value is -1.82. The molecule has 0 aliphatic heterocycles. The molecule has 0 aliphatic rings. The number of anilines is 2. The van der Waals surface area contributed by atoms with Gasteiger partial charge in [0.05, 0.1) is 5.69 Å². The largest absolute Gasteiger partial charge is 0.397 e. The molecule has 23 heavy (non-hydrogen) atoms. The third-order valence-corrected chi connectivity index (χ3v) is 5.04. The maximum atomic E-state index is 12.5. The quantitative estimate of drug-likeness (QED) is 0.667. The van der Waals surface area contributed by atoms with Crippen LogP contribution in [-0.2, 0) is 0 Å². The number of carbonyl (C=O) groups excluding carboxylic acids is 1. The zero-order valence-corrected chi connectivity index (χ0v) is 14.7. The molecule has 3 aromatic rings. The predicted octanol–water partition coefficient (Wildman–Crippen LogP) is 5.05. The molecule has 0 spiro atoms. The standard InChI is InChI=1S/C16H13Cl2N3OS/c1-7-3-12-13(19)14(23-16(12)20-8(7)2)15(22)21-11-5-9(17)4-10(18)6-11/h3-6H,19H2,1-2H3,(H,21,22). The molecule has 0 bridgehead atoms. The highest BCUT2D eigenvalue weighted by atomic mass is 35.5. The number of nitrogens with zero attached hydrogens (tertiary/aromatic N) is 1. The van der Waals surface area contributed by atoms with Crippen LogP contribution >= 0.6 is 34.5 Å². The highest BCUT2D eigenvalue weighted by molar-refractivity contribution is 7.21. The van der Waals surface area contributed by atoms with Crippen molar-refractivity contribution < 1.29 is 4.79 Å². The number of rotatable bonds is 2. The molecule has 2 heterocycles. The van der Waals surface area contributed by atoms with Gasteiger partial charge in [-0.1, -0.05) is 23.2 Å². The Morgan fingerprint density at radius 1 is 1.17 bits per heavy atom. The monoisotopic (exact) mass is 365 g/mol. The summed E-state index contributed by atoms with van der Waals surface area (Å²) in [6.45, 7) is 3.89. The summed E-state index contributed by atoms with van der Waals surface area (Å²) in [7, 11) is 0. The van der Waals surface area contributed by atoms with E-state index in [1.807, 2.05) is 19.9 Å². The lowest BCUT2D eigenvalue weighted by Gasteiger charge is -2.05. The lowest BCUT2D eigenvalue weighted by molar-refractivity contribution is 0.103. The van der Waals surface area contributed by atoms with Gasteiger partial charge in [0.25, 0.3) is 5.91 Å². The normalized spacial score (nSPS) is 11.0. The van der Waals surface area contributed by atoms with Crippen LogP contribution in [0.2, 0.25) is 10.0 Å². The minimum atomic E-state index is -0.306. The number of benzene rings is 1. The molecule has 7 heteroatoms. The average Bonchev–Trinajstić information content (AvgIpc) is 2.75. The first-order valence-corrected chi connectivity index (χ1v) is 8.36. The number of hydrogen-bond acceptors (Lipinski definition) is 4. The van der Waals surface area contributed by atoms with E-state index in [0.29, 0.717) is 26.3 Å². The van der Waals surface area contributed by atoms with E-state index >= 15 is 0 Å². The van der Waals surface area contributed by atoms with Crippen molar-refractivity contribution in [3.05, 3.63) is 50.4 Å². The molecule has 0 aliphatic carbocycles. The second-order valence-corrected chi connectivity index (χ2v) is 7.07. The number of amides is 1. The van der Waals surface area contributed by atoms with Gasteiger partial charge in [-0.3, -0.25) is 4.79 Å². The summed E-state index contributed by atoms with van der Waals surface area (Å²) < 4.78 is 0. The fourth-order valence-electron chi connectivity index (χ4n) is 2.21. The van der Waals surface area contributed by atoms with Gasteiger partial charge in [0.15, 0.2) is 0 Å². The molecule has 1 amide bonds. The molecule has 118 valence electrons. The topological polar surface area (TPSA) is 68.0 Å². The Labute approximate surface area is 147 Å². The summed E-state index contributed by atoms with van der Waals surface area (Å²) in [6, 6.07) is 6.81. The van der Waals surface area contributed by atoms with E-state index in [0.717, 1.165) is 21.5 Å². The highest BCUT2D eigenvalue weighted by Crippen LogP contribution is 2.34. The van der Waals surface area contributed by atoms with Crippen LogP contribution in [0, 0.1) is 13.8 Å². The van der Waals surface area contributed by atoms with E-state index < -0.39 is 0 Å². The second kappa shape index (κ2) is 6.00. The summed E-state index contributed by atoms with van der Waals surface area (Å²) in [5, 5.41) is 4.46. The maximum Gasteiger partial charge on any atom is 0.267 e. The Kier molecular flexibility index (Phi) is 4.19. The summed E-state index contributed by atoms with van der Waals surface area (Å²) in [5.41, 5.74) is 9.05. The number of thiophene rings is 1. The first-order valence-electron chi connectivity index (χ1n) is 6.79. The van der Waals surface area contributed by atoms with Crippen LogP contribution in [0.4, 0.5) is 11.4 Å². The Morgan fingerprint density at radius 3 is 2.48 bits per heavy atom. The van der Waals surface area contributed by atoms with E-state index in [4.69, 9.17) is 28.9 Å². The van der Waals surface area contributed by atoms with Crippen molar-refractivity contribution in [2.24, 2.45) is 0 Å². The van der Waals surface area contributed by atoms with Gasteiger partial charge >= 0.3 is 0 Å². The number of aryl methyl sites for hydroxylation is 2. The number of hydrogen-bond donors (Lipinski definition) is 2. The minimum Gasteiger partial charge on any atom is -0.397 e. The summed E-state index contributed by atoms with van der Waals surface area (Å²) in [6.07, 6.45) is 0. The fourth-order valence-corrected chi connectivity index (χ4v) is 3.76. The highest BCUT2D eigenvalue weighted by Gasteiger charge is 2.18. The number of fused-ring (bicyclic) bond motifs is 1. The van der Waals surface area contributed by atoms with Crippen molar-refractivity contribution in [2.45, 2.75) is 13.8 Å². The number of nitrogens with two attached hydrogens (primary N) is 1. The van der Waals surface area contributed by atoms with Gasteiger partial charge in [-0.15, -0.1) is 11.3 Å². The van der Waals surface area contributed by atoms with Crippen molar-refractivity contribution in [1.82, 2.24) is 4.98 Å². The molecule has 0 unspecified atom stereocenters. The molecule has 4 nitrogen and oxygen atoms in total. The summed E-state index contributed by atoms with van der Waals surface area (Å²) >= 11 is 13.2. The lowest BCUT2D eigenvalue weighted by atomic mass is 10.1. The van der Waals surface area contributed by atoms with Gasteiger partial charge in [-0.25, -0.2) is 4.98 Å². The fraction of sp³-hybridized carbons (Fsp3) is 0.125. The first kappa shape index (κ1) is 16.1. The van der Waals surface area contributed by atoms with Gasteiger partial charge < -0.3 is 11.1 Å². The Morgan fingerprint density at radius 2 is 1.83 bits per heavy atom. The number of nitrogen functional groups attached to an aromatic ring is 1. The van der Waals surface area contributed by atoms with Crippen molar-refractivity contribution in [3.63, 3.8) is 0 Å². The van der Waals surface area contributed by atoms with Crippen LogP contribution in [0.25, 0.3) is 10.2 Å². The molecule has 1 aromatic carbocycles. The van der Waals surface area contributed by atoms with Crippen molar-refractivity contribution in [2.75, 3.05) is 11.1 Å². The number of pyridine rings is 1. The van der Waals surface area contributed by atoms with E-state index in [1.165, 1.54) is 11.3 Å². The molecule has 0 fully saturated rings. The van der Waals surface area contributed by atoms with Gasteiger partial charge in [0, 0.05) is 26.8 Å². The average molecular weight is 366 g/mol. The smallest absolute Gasteiger partial charge is 0.267 e. The molecule has 0 saturated heterocycles. The maximum absolute atomic E-state index is 12.5. The van der Waals surface area contributed by atoms with Gasteiger partial charge in [-0.2, -0.15) is 0 Å². The molecule has 0 atom stereocenters. The van der Waals surface area contributed by atoms with E-state index in [2.05, 4.69) is 10.3 Å². The molecular formula is C16H13Cl2N3OS. The van der Waals surface area contributed by atoms with E-state index in [1.54, 1.807) is 18.2 Å². The SMILES string of the molecule is Cc1cc2c(N)c(C(=O)Nc3cc(Cl)cc(Cl)c3)sc2nc1C. The van der Waals surface area contributed by atoms with Gasteiger partial charge in [-0.05, 0) is 43.7 Å². The molecule has 3 rings (SSSR count). The Bertz CT molecular complexity index is 916. The van der Waals surface area contributed by atoms with Crippen LogP contribution in [0.15, 0.2) is 24.3 Å². The first-order chi connectivity index (χ1) is 10.8. The van der Waals surface area contributed by atoms with Crippen LogP contribution in [0.1, 0.15) is 20.9 Å². The second-order valence-electron chi connectivity index (χ2n) is 5.20. The third kappa shape index (κ3) is 3.13.